The van der Waals surface area contributed by atoms with Crippen LogP contribution in [0.5, 0.6) is 11.5 Å². The molecule has 4 N–H and O–H groups in total. The Kier molecular flexibility index (Phi) is 5.61. The number of nitrogen functional groups attached to an aromatic ring is 1. The van der Waals surface area contributed by atoms with Crippen molar-refractivity contribution in [1.82, 2.24) is 4.72 Å². The van der Waals surface area contributed by atoms with E-state index < -0.39 is 16.1 Å². The van der Waals surface area contributed by atoms with Gasteiger partial charge >= 0.3 is 0 Å². The lowest BCUT2D eigenvalue weighted by Gasteiger charge is -2.17. The van der Waals surface area contributed by atoms with E-state index in [-0.39, 0.29) is 22.9 Å². The summed E-state index contributed by atoms with van der Waals surface area (Å²) in [6.07, 6.45) is 0.462. The van der Waals surface area contributed by atoms with Gasteiger partial charge in [0.05, 0.1) is 26.5 Å². The van der Waals surface area contributed by atoms with E-state index in [1.807, 2.05) is 0 Å². The highest BCUT2D eigenvalue weighted by Crippen LogP contribution is 2.33. The number of nitrogens with two attached hydrogens (primary N) is 1. The third-order valence-corrected chi connectivity index (χ3v) is 4.38. The summed E-state index contributed by atoms with van der Waals surface area (Å²) < 4.78 is 37.1. The molecule has 1 unspecified atom stereocenters. The SMILES string of the molecule is CCC(CO)NS(=O)(=O)c1cc(N)c(OC)cc1OC. The van der Waals surface area contributed by atoms with Crippen LogP contribution in [0.1, 0.15) is 13.3 Å². The molecule has 0 aliphatic carbocycles. The van der Waals surface area contributed by atoms with E-state index in [0.29, 0.717) is 12.2 Å². The fourth-order valence-corrected chi connectivity index (χ4v) is 3.13. The molecule has 114 valence electrons. The third kappa shape index (κ3) is 3.53. The molecule has 0 amide bonds. The first-order chi connectivity index (χ1) is 9.39. The number of ether oxygens (including phenoxy) is 2. The molecule has 20 heavy (non-hydrogen) atoms. The van der Waals surface area contributed by atoms with Crippen molar-refractivity contribution < 1.29 is 23.0 Å². The van der Waals surface area contributed by atoms with Crippen molar-refractivity contribution in [3.8, 4) is 11.5 Å². The average molecular weight is 304 g/mol. The van der Waals surface area contributed by atoms with Crippen molar-refractivity contribution >= 4 is 15.7 Å². The monoisotopic (exact) mass is 304 g/mol. The van der Waals surface area contributed by atoms with Gasteiger partial charge in [-0.15, -0.1) is 0 Å². The zero-order valence-corrected chi connectivity index (χ0v) is 12.5. The summed E-state index contributed by atoms with van der Waals surface area (Å²) in [6, 6.07) is 2.11. The molecule has 1 atom stereocenters. The van der Waals surface area contributed by atoms with E-state index in [2.05, 4.69) is 4.72 Å². The van der Waals surface area contributed by atoms with Crippen LogP contribution in [0.15, 0.2) is 17.0 Å². The molecule has 0 saturated heterocycles. The fourth-order valence-electron chi connectivity index (χ4n) is 1.64. The number of methoxy groups -OCH3 is 2. The predicted octanol–water partition coefficient (Wildman–Crippen LogP) is 0.335. The van der Waals surface area contributed by atoms with Gasteiger partial charge in [-0.25, -0.2) is 13.1 Å². The second-order valence-electron chi connectivity index (χ2n) is 4.15. The van der Waals surface area contributed by atoms with Crippen LogP contribution in [-0.4, -0.2) is 40.4 Å². The Morgan fingerprint density at radius 3 is 2.35 bits per heavy atom. The largest absolute Gasteiger partial charge is 0.495 e. The molecule has 8 heteroatoms. The van der Waals surface area contributed by atoms with Gasteiger partial charge < -0.3 is 20.3 Å². The summed E-state index contributed by atoms with van der Waals surface area (Å²) >= 11 is 0. The standard InChI is InChI=1S/C12H20N2O5S/c1-4-8(7-15)14-20(16,17)12-5-9(13)10(18-2)6-11(12)19-3/h5-6,8,14-15H,4,7,13H2,1-3H3. The normalized spacial score (nSPS) is 13.0. The summed E-state index contributed by atoms with van der Waals surface area (Å²) in [7, 11) is -1.06. The second kappa shape index (κ2) is 6.78. The van der Waals surface area contributed by atoms with Crippen LogP contribution in [0.2, 0.25) is 0 Å². The van der Waals surface area contributed by atoms with Crippen molar-refractivity contribution in [2.24, 2.45) is 0 Å². The van der Waals surface area contributed by atoms with Crippen molar-refractivity contribution in [3.05, 3.63) is 12.1 Å². The van der Waals surface area contributed by atoms with Gasteiger partial charge in [-0.1, -0.05) is 6.92 Å². The number of hydrogen-bond donors (Lipinski definition) is 3. The predicted molar refractivity (Wildman–Crippen MR) is 75.4 cm³/mol. The fraction of sp³-hybridized carbons (Fsp3) is 0.500. The van der Waals surface area contributed by atoms with Crippen molar-refractivity contribution in [1.29, 1.82) is 0 Å². The van der Waals surface area contributed by atoms with Crippen molar-refractivity contribution in [3.63, 3.8) is 0 Å². The quantitative estimate of drug-likeness (QED) is 0.626. The number of rotatable bonds is 7. The number of nitrogens with one attached hydrogen (secondary N) is 1. The van der Waals surface area contributed by atoms with Crippen molar-refractivity contribution in [2.45, 2.75) is 24.3 Å². The number of sulfonamides is 1. The van der Waals surface area contributed by atoms with Crippen LogP contribution in [0.25, 0.3) is 0 Å². The van der Waals surface area contributed by atoms with Gasteiger partial charge in [-0.2, -0.15) is 0 Å². The molecule has 0 aliphatic rings. The van der Waals surface area contributed by atoms with Crippen LogP contribution in [0, 0.1) is 0 Å². The Morgan fingerprint density at radius 2 is 1.90 bits per heavy atom. The molecule has 0 aromatic heterocycles. The molecule has 7 nitrogen and oxygen atoms in total. The van der Waals surface area contributed by atoms with E-state index in [1.165, 1.54) is 26.4 Å². The summed E-state index contributed by atoms with van der Waals surface area (Å²) in [5, 5.41) is 9.10. The Morgan fingerprint density at radius 1 is 1.30 bits per heavy atom. The lowest BCUT2D eigenvalue weighted by molar-refractivity contribution is 0.253. The molecule has 0 heterocycles. The highest BCUT2D eigenvalue weighted by Gasteiger charge is 2.24. The van der Waals surface area contributed by atoms with Crippen LogP contribution >= 0.6 is 0 Å². The van der Waals surface area contributed by atoms with Crippen LogP contribution < -0.4 is 19.9 Å². The van der Waals surface area contributed by atoms with E-state index >= 15 is 0 Å². The van der Waals surface area contributed by atoms with Crippen LogP contribution in [-0.2, 0) is 10.0 Å². The zero-order valence-electron chi connectivity index (χ0n) is 11.7. The Balaban J connectivity index is 3.27. The van der Waals surface area contributed by atoms with Gasteiger partial charge in [-0.3, -0.25) is 0 Å². The first kappa shape index (κ1) is 16.5. The van der Waals surface area contributed by atoms with Gasteiger partial charge in [0.2, 0.25) is 10.0 Å². The number of aliphatic hydroxyl groups is 1. The molecule has 1 rings (SSSR count). The van der Waals surface area contributed by atoms with E-state index in [0.717, 1.165) is 0 Å². The highest BCUT2D eigenvalue weighted by molar-refractivity contribution is 7.89. The summed E-state index contributed by atoms with van der Waals surface area (Å²) in [5.74, 6) is 0.450. The zero-order chi connectivity index (χ0) is 15.3. The second-order valence-corrected chi connectivity index (χ2v) is 5.84. The smallest absolute Gasteiger partial charge is 0.244 e. The first-order valence-electron chi connectivity index (χ1n) is 6.04. The van der Waals surface area contributed by atoms with Gasteiger partial charge in [0, 0.05) is 12.1 Å². The Bertz CT molecular complexity index is 555. The molecule has 0 bridgehead atoms. The van der Waals surface area contributed by atoms with Gasteiger partial charge in [-0.05, 0) is 12.5 Å². The first-order valence-corrected chi connectivity index (χ1v) is 7.52. The van der Waals surface area contributed by atoms with Gasteiger partial charge in [0.25, 0.3) is 0 Å². The van der Waals surface area contributed by atoms with E-state index in [9.17, 15) is 8.42 Å². The Labute approximate surface area is 118 Å². The lowest BCUT2D eigenvalue weighted by Crippen LogP contribution is -2.37. The van der Waals surface area contributed by atoms with Crippen LogP contribution in [0.3, 0.4) is 0 Å². The molecule has 1 aromatic carbocycles. The number of aliphatic hydroxyl groups excluding tert-OH is 1. The van der Waals surface area contributed by atoms with Crippen molar-refractivity contribution in [2.75, 3.05) is 26.6 Å². The molecular formula is C12H20N2O5S. The maximum Gasteiger partial charge on any atom is 0.244 e. The number of anilines is 1. The molecule has 0 saturated carbocycles. The highest BCUT2D eigenvalue weighted by atomic mass is 32.2. The van der Waals surface area contributed by atoms with E-state index in [4.69, 9.17) is 20.3 Å². The summed E-state index contributed by atoms with van der Waals surface area (Å²) in [6.45, 7) is 1.48. The molecule has 0 spiro atoms. The number of hydrogen-bond acceptors (Lipinski definition) is 6. The average Bonchev–Trinajstić information content (AvgIpc) is 2.44. The summed E-state index contributed by atoms with van der Waals surface area (Å²) in [5.41, 5.74) is 5.91. The molecule has 0 fully saturated rings. The summed E-state index contributed by atoms with van der Waals surface area (Å²) in [4.78, 5) is -0.0924. The topological polar surface area (TPSA) is 111 Å². The maximum absolute atomic E-state index is 12.3. The molecule has 0 aliphatic heterocycles. The van der Waals surface area contributed by atoms with E-state index in [1.54, 1.807) is 6.92 Å². The van der Waals surface area contributed by atoms with Crippen LogP contribution in [0.4, 0.5) is 5.69 Å². The number of benzene rings is 1. The minimum atomic E-state index is -3.84. The Hall–Kier alpha value is -1.51. The molecule has 0 radical (unpaired) electrons. The minimum Gasteiger partial charge on any atom is -0.495 e. The lowest BCUT2D eigenvalue weighted by atomic mass is 10.3. The minimum absolute atomic E-state index is 0.0924. The molecule has 1 aromatic rings. The molecular weight excluding hydrogens is 284 g/mol. The maximum atomic E-state index is 12.3. The third-order valence-electron chi connectivity index (χ3n) is 2.84. The van der Waals surface area contributed by atoms with Gasteiger partial charge in [0.1, 0.15) is 16.4 Å². The van der Waals surface area contributed by atoms with Gasteiger partial charge in [0.15, 0.2) is 0 Å².